The summed E-state index contributed by atoms with van der Waals surface area (Å²) in [5.41, 5.74) is -0.233. The number of fused-ring (bicyclic) bond motifs is 1. The molecule has 3 N–H and O–H groups in total. The van der Waals surface area contributed by atoms with Crippen LogP contribution in [0.5, 0.6) is 0 Å². The molecule has 190 valence electrons. The van der Waals surface area contributed by atoms with Crippen LogP contribution in [0.1, 0.15) is 36.8 Å². The number of anilines is 1. The van der Waals surface area contributed by atoms with Gasteiger partial charge in [0.25, 0.3) is 0 Å². The van der Waals surface area contributed by atoms with Crippen LogP contribution in [0.3, 0.4) is 0 Å². The number of likely N-dealkylation sites (tertiary alicyclic amines) is 1. The van der Waals surface area contributed by atoms with Crippen LogP contribution in [-0.2, 0) is 16.6 Å². The molecule has 0 bridgehead atoms. The summed E-state index contributed by atoms with van der Waals surface area (Å²) in [5, 5.41) is 17.1. The number of nitrogens with zero attached hydrogens (tertiary/aromatic N) is 3. The minimum absolute atomic E-state index is 0.0215. The molecule has 0 spiro atoms. The van der Waals surface area contributed by atoms with Gasteiger partial charge in [-0.3, -0.25) is 9.69 Å². The predicted octanol–water partition coefficient (Wildman–Crippen LogP) is 3.69. The van der Waals surface area contributed by atoms with Gasteiger partial charge < -0.3 is 15.7 Å². The lowest BCUT2D eigenvalue weighted by atomic mass is 9.76. The second-order valence-electron chi connectivity index (χ2n) is 9.65. The molecule has 0 atom stereocenters. The first-order valence-electron chi connectivity index (χ1n) is 12.1. The number of carbonyl (C=O) groups excluding carboxylic acids is 1. The molecule has 1 amide bonds. The van der Waals surface area contributed by atoms with E-state index in [1.54, 1.807) is 0 Å². The van der Waals surface area contributed by atoms with Crippen molar-refractivity contribution in [3.63, 3.8) is 0 Å². The minimum atomic E-state index is -4.48. The Hall–Kier alpha value is -3.24. The largest absolute Gasteiger partial charge is 0.416 e. The van der Waals surface area contributed by atoms with Crippen molar-refractivity contribution < 1.29 is 23.1 Å². The monoisotopic (exact) mass is 499 g/mol. The molecule has 2 fully saturated rings. The van der Waals surface area contributed by atoms with E-state index in [1.165, 1.54) is 12.4 Å². The third kappa shape index (κ3) is 5.15. The van der Waals surface area contributed by atoms with Crippen molar-refractivity contribution in [2.75, 3.05) is 25.0 Å². The van der Waals surface area contributed by atoms with Crippen molar-refractivity contribution in [3.05, 3.63) is 66.0 Å². The van der Waals surface area contributed by atoms with Gasteiger partial charge in [0.05, 0.1) is 29.3 Å². The topological polar surface area (TPSA) is 90.4 Å². The molecular weight excluding hydrogens is 471 g/mol. The van der Waals surface area contributed by atoms with Gasteiger partial charge in [0, 0.05) is 24.5 Å². The quantitative estimate of drug-likeness (QED) is 0.479. The van der Waals surface area contributed by atoms with E-state index in [-0.39, 0.29) is 29.7 Å². The van der Waals surface area contributed by atoms with E-state index in [0.717, 1.165) is 43.6 Å². The summed E-state index contributed by atoms with van der Waals surface area (Å²) < 4.78 is 39.3. The fraction of sp³-hybridized carbons (Fsp3) is 0.423. The van der Waals surface area contributed by atoms with Crippen molar-refractivity contribution in [2.24, 2.45) is 0 Å². The Labute approximate surface area is 206 Å². The number of nitrogens with one attached hydrogen (secondary N) is 2. The van der Waals surface area contributed by atoms with Crippen LogP contribution in [0.2, 0.25) is 0 Å². The normalized spacial score (nSPS) is 23.3. The maximum Gasteiger partial charge on any atom is 0.416 e. The van der Waals surface area contributed by atoms with E-state index >= 15 is 0 Å². The Morgan fingerprint density at radius 3 is 2.50 bits per heavy atom. The molecule has 36 heavy (non-hydrogen) atoms. The van der Waals surface area contributed by atoms with Crippen molar-refractivity contribution in [3.8, 4) is 0 Å². The lowest BCUT2D eigenvalue weighted by Crippen LogP contribution is -2.63. The van der Waals surface area contributed by atoms with E-state index in [2.05, 4.69) is 25.5 Å². The minimum Gasteiger partial charge on any atom is -0.385 e. The van der Waals surface area contributed by atoms with Gasteiger partial charge in [0.1, 0.15) is 12.1 Å². The molecule has 1 aliphatic heterocycles. The second-order valence-corrected chi connectivity index (χ2v) is 9.65. The summed E-state index contributed by atoms with van der Waals surface area (Å²) in [4.78, 5) is 22.8. The summed E-state index contributed by atoms with van der Waals surface area (Å²) in [7, 11) is 0. The SMILES string of the molecule is O=C(CNc1ncnc2ccc(C(F)(F)F)cc12)NC1CN([C@H]2CC[C@](O)(c3ccccc3)CC2)C1. The number of aliphatic hydroxyl groups is 1. The lowest BCUT2D eigenvalue weighted by molar-refractivity contribution is -0.137. The molecule has 10 heteroatoms. The van der Waals surface area contributed by atoms with E-state index in [9.17, 15) is 23.1 Å². The summed E-state index contributed by atoms with van der Waals surface area (Å²) >= 11 is 0. The third-order valence-corrected chi connectivity index (χ3v) is 7.26. The number of hydrogen-bond donors (Lipinski definition) is 3. The zero-order valence-corrected chi connectivity index (χ0v) is 19.6. The molecule has 3 aromatic rings. The van der Waals surface area contributed by atoms with Crippen molar-refractivity contribution in [2.45, 2.75) is 49.5 Å². The molecule has 2 heterocycles. The average Bonchev–Trinajstić information content (AvgIpc) is 2.85. The molecule has 1 aliphatic carbocycles. The van der Waals surface area contributed by atoms with E-state index in [1.807, 2.05) is 30.3 Å². The Balaban J connectivity index is 1.09. The Kier molecular flexibility index (Phi) is 6.57. The molecule has 2 aromatic carbocycles. The molecule has 0 radical (unpaired) electrons. The summed E-state index contributed by atoms with van der Waals surface area (Å²) in [6.07, 6.45) is -0.0111. The van der Waals surface area contributed by atoms with Gasteiger partial charge in [0.15, 0.2) is 0 Å². The van der Waals surface area contributed by atoms with E-state index in [0.29, 0.717) is 24.4 Å². The zero-order valence-electron chi connectivity index (χ0n) is 19.6. The lowest BCUT2D eigenvalue weighted by Gasteiger charge is -2.48. The van der Waals surface area contributed by atoms with Crippen LogP contribution in [0.25, 0.3) is 10.9 Å². The number of amides is 1. The number of carbonyl (C=O) groups is 1. The standard InChI is InChI=1S/C26H28F3N5O2/c27-26(28,29)18-6-7-22-21(12-18)24(32-16-31-22)30-13-23(35)33-19-14-34(15-19)20-8-10-25(36,11-9-20)17-4-2-1-3-5-17/h1-7,12,16,19-20,36H,8-11,13-15H2,(H,33,35)(H,30,31,32)/t20-,25+. The van der Waals surface area contributed by atoms with Crippen LogP contribution < -0.4 is 10.6 Å². The predicted molar refractivity (Wildman–Crippen MR) is 129 cm³/mol. The first-order chi connectivity index (χ1) is 17.2. The molecule has 1 saturated carbocycles. The number of benzene rings is 2. The fourth-order valence-electron chi connectivity index (χ4n) is 5.20. The summed E-state index contributed by atoms with van der Waals surface area (Å²) in [6.45, 7) is 1.38. The van der Waals surface area contributed by atoms with Crippen molar-refractivity contribution in [1.29, 1.82) is 0 Å². The Morgan fingerprint density at radius 1 is 1.08 bits per heavy atom. The maximum absolute atomic E-state index is 13.1. The molecule has 1 saturated heterocycles. The Morgan fingerprint density at radius 2 is 1.81 bits per heavy atom. The molecular formula is C26H28F3N5O2. The number of alkyl halides is 3. The van der Waals surface area contributed by atoms with Gasteiger partial charge >= 0.3 is 6.18 Å². The summed E-state index contributed by atoms with van der Waals surface area (Å²) in [5.74, 6) is -0.0647. The number of aromatic nitrogens is 2. The van der Waals surface area contributed by atoms with Gasteiger partial charge in [-0.25, -0.2) is 9.97 Å². The highest BCUT2D eigenvalue weighted by atomic mass is 19.4. The van der Waals surface area contributed by atoms with Gasteiger partial charge in [-0.1, -0.05) is 30.3 Å². The molecule has 5 rings (SSSR count). The molecule has 0 unspecified atom stereocenters. The van der Waals surface area contributed by atoms with Crippen LogP contribution in [0.4, 0.5) is 19.0 Å². The molecule has 7 nitrogen and oxygen atoms in total. The van der Waals surface area contributed by atoms with Gasteiger partial charge in [-0.05, 0) is 49.4 Å². The van der Waals surface area contributed by atoms with Crippen molar-refractivity contribution >= 4 is 22.6 Å². The first-order valence-corrected chi connectivity index (χ1v) is 12.1. The number of rotatable bonds is 6. The second kappa shape index (κ2) is 9.67. The summed E-state index contributed by atoms with van der Waals surface area (Å²) in [6, 6.07) is 13.5. The van der Waals surface area contributed by atoms with Crippen LogP contribution in [0.15, 0.2) is 54.9 Å². The number of hydrogen-bond acceptors (Lipinski definition) is 6. The smallest absolute Gasteiger partial charge is 0.385 e. The van der Waals surface area contributed by atoms with Gasteiger partial charge in [-0.2, -0.15) is 13.2 Å². The number of halogens is 3. The third-order valence-electron chi connectivity index (χ3n) is 7.26. The molecule has 1 aromatic heterocycles. The maximum atomic E-state index is 13.1. The van der Waals surface area contributed by atoms with Crippen molar-refractivity contribution in [1.82, 2.24) is 20.2 Å². The first kappa shape index (κ1) is 24.5. The highest BCUT2D eigenvalue weighted by Crippen LogP contribution is 2.39. The molecule has 2 aliphatic rings. The van der Waals surface area contributed by atoms with Crippen LogP contribution in [0, 0.1) is 0 Å². The van der Waals surface area contributed by atoms with Crippen LogP contribution in [-0.4, -0.2) is 57.6 Å². The fourth-order valence-corrected chi connectivity index (χ4v) is 5.20. The highest BCUT2D eigenvalue weighted by Gasteiger charge is 2.40. The van der Waals surface area contributed by atoms with E-state index < -0.39 is 17.3 Å². The van der Waals surface area contributed by atoms with Crippen LogP contribution >= 0.6 is 0 Å². The van der Waals surface area contributed by atoms with Gasteiger partial charge in [-0.15, -0.1) is 0 Å². The average molecular weight is 500 g/mol. The Bertz CT molecular complexity index is 1220. The zero-order chi connectivity index (χ0) is 25.3. The highest BCUT2D eigenvalue weighted by molar-refractivity contribution is 5.91. The van der Waals surface area contributed by atoms with Gasteiger partial charge in [0.2, 0.25) is 5.91 Å². The van der Waals surface area contributed by atoms with E-state index in [4.69, 9.17) is 0 Å².